The fourth-order valence-electron chi connectivity index (χ4n) is 6.38. The van der Waals surface area contributed by atoms with E-state index in [0.29, 0.717) is 13.1 Å². The van der Waals surface area contributed by atoms with E-state index in [-0.39, 0.29) is 35.7 Å². The first-order valence-corrected chi connectivity index (χ1v) is 16.8. The Morgan fingerprint density at radius 3 is 1.91 bits per heavy atom. The average molecular weight is 639 g/mol. The minimum atomic E-state index is -0.512. The van der Waals surface area contributed by atoms with E-state index in [2.05, 4.69) is 63.8 Å². The third-order valence-electron chi connectivity index (χ3n) is 9.60. The molecule has 0 saturated carbocycles. The Bertz CT molecular complexity index is 1630. The number of likely N-dealkylation sites (tertiary alicyclic amines) is 2. The van der Waals surface area contributed by atoms with E-state index < -0.39 is 12.1 Å². The summed E-state index contributed by atoms with van der Waals surface area (Å²) in [4.78, 5) is 46.0. The van der Waals surface area contributed by atoms with Gasteiger partial charge in [0.1, 0.15) is 11.6 Å². The van der Waals surface area contributed by atoms with Crippen LogP contribution in [0.5, 0.6) is 0 Å². The Balaban J connectivity index is 1.26. The number of allylic oxidation sites excluding steroid dienone is 5. The van der Waals surface area contributed by atoms with Crippen molar-refractivity contribution in [2.24, 2.45) is 23.3 Å². The van der Waals surface area contributed by atoms with Crippen molar-refractivity contribution in [3.8, 4) is 11.3 Å². The van der Waals surface area contributed by atoms with Crippen LogP contribution in [0, 0.1) is 11.8 Å². The quantitative estimate of drug-likeness (QED) is 0.196. The number of carbonyl (C=O) groups excluding carboxylic acids is 2. The first-order valence-electron chi connectivity index (χ1n) is 16.8. The molecule has 4 heterocycles. The van der Waals surface area contributed by atoms with Crippen LogP contribution in [0.3, 0.4) is 0 Å². The molecule has 3 aromatic rings. The first kappa shape index (κ1) is 34.1. The van der Waals surface area contributed by atoms with E-state index in [9.17, 15) is 9.59 Å². The third-order valence-corrected chi connectivity index (χ3v) is 9.60. The molecule has 0 spiro atoms. The van der Waals surface area contributed by atoms with Crippen molar-refractivity contribution in [1.29, 1.82) is 0 Å². The molecular weight excluding hydrogens is 588 g/mol. The van der Waals surface area contributed by atoms with Crippen molar-refractivity contribution in [2.75, 3.05) is 13.1 Å². The summed E-state index contributed by atoms with van der Waals surface area (Å²) >= 11 is 0. The van der Waals surface area contributed by atoms with Crippen molar-refractivity contribution < 1.29 is 9.59 Å². The van der Waals surface area contributed by atoms with E-state index in [1.165, 1.54) is 0 Å². The van der Waals surface area contributed by atoms with Crippen molar-refractivity contribution in [1.82, 2.24) is 29.7 Å². The van der Waals surface area contributed by atoms with Crippen LogP contribution in [0.2, 0.25) is 0 Å². The first-order chi connectivity index (χ1) is 22.5. The van der Waals surface area contributed by atoms with Crippen LogP contribution >= 0.6 is 0 Å². The number of imidazole rings is 2. The number of H-pyrrole nitrogens is 2. The molecule has 2 saturated heterocycles. The second-order valence-corrected chi connectivity index (χ2v) is 13.5. The Hall–Kier alpha value is -4.28. The molecule has 2 aromatic heterocycles. The molecule has 2 aliphatic heterocycles. The van der Waals surface area contributed by atoms with Gasteiger partial charge in [-0.05, 0) is 66.7 Å². The lowest BCUT2D eigenvalue weighted by Crippen LogP contribution is -2.46. The van der Waals surface area contributed by atoms with E-state index in [1.807, 2.05) is 62.0 Å². The molecule has 0 bridgehead atoms. The number of aromatic amines is 2. The summed E-state index contributed by atoms with van der Waals surface area (Å²) < 4.78 is 0. The highest BCUT2D eigenvalue weighted by atomic mass is 16.2. The summed E-state index contributed by atoms with van der Waals surface area (Å²) in [5, 5.41) is 0. The summed E-state index contributed by atoms with van der Waals surface area (Å²) in [6.07, 6.45) is 13.2. The van der Waals surface area contributed by atoms with Gasteiger partial charge in [0.05, 0.1) is 47.9 Å². The predicted molar refractivity (Wildman–Crippen MR) is 187 cm³/mol. The Morgan fingerprint density at radius 2 is 1.38 bits per heavy atom. The number of amides is 2. The van der Waals surface area contributed by atoms with Crippen molar-refractivity contribution >= 4 is 23.0 Å². The van der Waals surface area contributed by atoms with Gasteiger partial charge in [0.2, 0.25) is 11.8 Å². The van der Waals surface area contributed by atoms with E-state index in [0.717, 1.165) is 71.0 Å². The highest BCUT2D eigenvalue weighted by molar-refractivity contribution is 5.83. The topological polar surface area (TPSA) is 150 Å². The number of nitrogens with one attached hydrogen (secondary N) is 2. The third kappa shape index (κ3) is 7.34. The highest BCUT2D eigenvalue weighted by Crippen LogP contribution is 2.34. The van der Waals surface area contributed by atoms with Crippen LogP contribution in [-0.2, 0) is 9.59 Å². The summed E-state index contributed by atoms with van der Waals surface area (Å²) in [6.45, 7) is 15.4. The van der Waals surface area contributed by atoms with Crippen molar-refractivity contribution in [2.45, 2.75) is 84.5 Å². The van der Waals surface area contributed by atoms with E-state index in [1.54, 1.807) is 0 Å². The summed E-state index contributed by atoms with van der Waals surface area (Å²) in [5.74, 6) is 1.72. The minimum Gasteiger partial charge on any atom is -0.340 e. The molecule has 2 fully saturated rings. The monoisotopic (exact) mass is 638 g/mol. The fourth-order valence-corrected chi connectivity index (χ4v) is 6.38. The number of aromatic nitrogens is 4. The van der Waals surface area contributed by atoms with Crippen LogP contribution in [0.1, 0.15) is 95.3 Å². The number of nitrogens with zero attached hydrogens (tertiary/aromatic N) is 4. The molecule has 0 radical (unpaired) electrons. The van der Waals surface area contributed by atoms with Gasteiger partial charge in [-0.1, -0.05) is 76.8 Å². The standard InChI is InChI=1S/C37H50N8O2/c1-7-25(28-20-40-34(42-28)30-10-8-18-44(30)36(46)32(38)22(2)3)13-12-24(6)26-14-16-27(17-15-26)29-21-41-35(43-29)31-11-9-19-45(31)37(47)33(39)23(4)5/h7,12-17,20-23,30-33H,1,8-11,18-19,38-39H2,2-6H3,(H,40,42)(H,41,43)/b24-12+,25-13+/t30?,31-,32-,33-/m0/s1. The van der Waals surface area contributed by atoms with Crippen molar-refractivity contribution in [3.05, 3.63) is 84.4 Å². The van der Waals surface area contributed by atoms with E-state index >= 15 is 0 Å². The predicted octanol–water partition coefficient (Wildman–Crippen LogP) is 5.77. The number of rotatable bonds is 11. The zero-order valence-electron chi connectivity index (χ0n) is 28.4. The molecule has 5 rings (SSSR count). The molecule has 2 amide bonds. The second kappa shape index (κ2) is 14.6. The van der Waals surface area contributed by atoms with Crippen LogP contribution < -0.4 is 11.5 Å². The van der Waals surface area contributed by atoms with Gasteiger partial charge < -0.3 is 31.2 Å². The molecule has 10 nitrogen and oxygen atoms in total. The average Bonchev–Trinajstić information content (AvgIpc) is 3.89. The number of hydrogen-bond donors (Lipinski definition) is 4. The van der Waals surface area contributed by atoms with Gasteiger partial charge in [0, 0.05) is 13.1 Å². The molecule has 4 atom stereocenters. The Kier molecular flexibility index (Phi) is 10.6. The molecule has 1 unspecified atom stereocenters. The lowest BCUT2D eigenvalue weighted by molar-refractivity contribution is -0.135. The van der Waals surface area contributed by atoms with Gasteiger partial charge in [-0.3, -0.25) is 9.59 Å². The SMILES string of the molecule is C=C/C(=C\C=C(/C)c1ccc(-c2cnc([C@@H]3CCCN3C(=O)[C@@H](N)C(C)C)[nH]2)cc1)c1cnc(C2CCCN2C(=O)[C@@H](N)C(C)C)[nH]1. The zero-order chi connectivity index (χ0) is 33.8. The molecular formula is C37H50N8O2. The summed E-state index contributed by atoms with van der Waals surface area (Å²) in [5.41, 5.74) is 18.3. The molecule has 0 aliphatic carbocycles. The Morgan fingerprint density at radius 1 is 0.851 bits per heavy atom. The molecule has 10 heteroatoms. The van der Waals surface area contributed by atoms with Crippen LogP contribution in [-0.4, -0.2) is 66.7 Å². The number of hydrogen-bond acceptors (Lipinski definition) is 6. The molecule has 1 aromatic carbocycles. The van der Waals surface area contributed by atoms with Gasteiger partial charge in [-0.2, -0.15) is 0 Å². The van der Waals surface area contributed by atoms with Gasteiger partial charge >= 0.3 is 0 Å². The maximum absolute atomic E-state index is 13.0. The number of carbonyl (C=O) groups is 2. The van der Waals surface area contributed by atoms with Gasteiger partial charge in [-0.15, -0.1) is 0 Å². The van der Waals surface area contributed by atoms with Crippen LogP contribution in [0.4, 0.5) is 0 Å². The van der Waals surface area contributed by atoms with Gasteiger partial charge in [0.15, 0.2) is 0 Å². The zero-order valence-corrected chi connectivity index (χ0v) is 28.4. The molecule has 6 N–H and O–H groups in total. The maximum Gasteiger partial charge on any atom is 0.240 e. The summed E-state index contributed by atoms with van der Waals surface area (Å²) in [7, 11) is 0. The lowest BCUT2D eigenvalue weighted by Gasteiger charge is -2.27. The van der Waals surface area contributed by atoms with E-state index in [4.69, 9.17) is 11.5 Å². The minimum absolute atomic E-state index is 0.00653. The number of nitrogens with two attached hydrogens (primary N) is 2. The van der Waals surface area contributed by atoms with Crippen molar-refractivity contribution in [3.63, 3.8) is 0 Å². The normalized spacial score (nSPS) is 20.4. The highest BCUT2D eigenvalue weighted by Gasteiger charge is 2.36. The molecule has 2 aliphatic rings. The molecule has 250 valence electrons. The molecule has 47 heavy (non-hydrogen) atoms. The summed E-state index contributed by atoms with van der Waals surface area (Å²) in [6, 6.07) is 7.15. The second-order valence-electron chi connectivity index (χ2n) is 13.5. The lowest BCUT2D eigenvalue weighted by atomic mass is 10.0. The fraction of sp³-hybridized carbons (Fsp3) is 0.459. The van der Waals surface area contributed by atoms with Gasteiger partial charge in [-0.25, -0.2) is 9.97 Å². The largest absolute Gasteiger partial charge is 0.340 e. The Labute approximate surface area is 278 Å². The van der Waals surface area contributed by atoms with Crippen LogP contribution in [0.25, 0.3) is 22.4 Å². The smallest absolute Gasteiger partial charge is 0.240 e. The maximum atomic E-state index is 13.0. The van der Waals surface area contributed by atoms with Gasteiger partial charge in [0.25, 0.3) is 0 Å². The van der Waals surface area contributed by atoms with Crippen LogP contribution in [0.15, 0.2) is 61.5 Å². The number of benzene rings is 1.